The van der Waals surface area contributed by atoms with E-state index in [0.29, 0.717) is 18.8 Å². The number of anilines is 1. The first-order valence-electron chi connectivity index (χ1n) is 5.81. The fourth-order valence-corrected chi connectivity index (χ4v) is 1.90. The molecule has 3 nitrogen and oxygen atoms in total. The van der Waals surface area contributed by atoms with Gasteiger partial charge in [-0.1, -0.05) is 18.2 Å². The predicted octanol–water partition coefficient (Wildman–Crippen LogP) is 2.32. The minimum atomic E-state index is -0.224. The maximum absolute atomic E-state index is 13.6. The summed E-state index contributed by atoms with van der Waals surface area (Å²) < 4.78 is 13.6. The molecule has 0 saturated heterocycles. The van der Waals surface area contributed by atoms with Gasteiger partial charge in [-0.3, -0.25) is 4.98 Å². The van der Waals surface area contributed by atoms with Crippen LogP contribution in [0.1, 0.15) is 11.3 Å². The molecule has 2 rings (SSSR count). The average Bonchev–Trinajstić information content (AvgIpc) is 2.39. The van der Waals surface area contributed by atoms with Crippen molar-refractivity contribution >= 4 is 5.69 Å². The Morgan fingerprint density at radius 2 is 2.00 bits per heavy atom. The summed E-state index contributed by atoms with van der Waals surface area (Å²) in [6, 6.07) is 10.5. The fourth-order valence-electron chi connectivity index (χ4n) is 1.90. The quantitative estimate of drug-likeness (QED) is 0.898. The molecule has 1 aromatic carbocycles. The van der Waals surface area contributed by atoms with Crippen molar-refractivity contribution in [2.75, 3.05) is 11.9 Å². The Labute approximate surface area is 106 Å². The van der Waals surface area contributed by atoms with Gasteiger partial charge >= 0.3 is 0 Å². The molecule has 0 atom stereocenters. The van der Waals surface area contributed by atoms with Crippen LogP contribution in [0.2, 0.25) is 0 Å². The highest BCUT2D eigenvalue weighted by Crippen LogP contribution is 2.19. The van der Waals surface area contributed by atoms with Crippen LogP contribution < -0.4 is 10.6 Å². The molecule has 4 heteroatoms. The van der Waals surface area contributed by atoms with Crippen molar-refractivity contribution < 1.29 is 4.39 Å². The second-order valence-electron chi connectivity index (χ2n) is 4.12. The van der Waals surface area contributed by atoms with Crippen molar-refractivity contribution in [3.63, 3.8) is 0 Å². The molecule has 0 amide bonds. The largest absolute Gasteiger partial charge is 0.368 e. The molecule has 0 bridgehead atoms. The minimum absolute atomic E-state index is 0.224. The lowest BCUT2D eigenvalue weighted by Gasteiger charge is -2.21. The molecule has 0 radical (unpaired) electrons. The Morgan fingerprint density at radius 1 is 1.22 bits per heavy atom. The lowest BCUT2D eigenvalue weighted by Crippen LogP contribution is -2.19. The second kappa shape index (κ2) is 5.60. The first-order chi connectivity index (χ1) is 8.72. The lowest BCUT2D eigenvalue weighted by atomic mass is 10.1. The van der Waals surface area contributed by atoms with E-state index in [1.807, 2.05) is 30.1 Å². The van der Waals surface area contributed by atoms with E-state index in [9.17, 15) is 4.39 Å². The molecule has 94 valence electrons. The topological polar surface area (TPSA) is 42.2 Å². The molecule has 0 aliphatic carbocycles. The van der Waals surface area contributed by atoms with Gasteiger partial charge in [0, 0.05) is 26.3 Å². The maximum Gasteiger partial charge on any atom is 0.146 e. The van der Waals surface area contributed by atoms with Crippen molar-refractivity contribution in [3.05, 3.63) is 59.7 Å². The van der Waals surface area contributed by atoms with Crippen LogP contribution in [0.5, 0.6) is 0 Å². The van der Waals surface area contributed by atoms with Crippen molar-refractivity contribution in [3.8, 4) is 0 Å². The average molecular weight is 245 g/mol. The lowest BCUT2D eigenvalue weighted by molar-refractivity contribution is 0.622. The summed E-state index contributed by atoms with van der Waals surface area (Å²) in [5.74, 6) is -0.224. The smallest absolute Gasteiger partial charge is 0.146 e. The summed E-state index contributed by atoms with van der Waals surface area (Å²) >= 11 is 0. The van der Waals surface area contributed by atoms with Crippen molar-refractivity contribution in [2.24, 2.45) is 5.73 Å². The number of halogens is 1. The zero-order valence-corrected chi connectivity index (χ0v) is 10.3. The standard InChI is InChI=1S/C14H16FN3/c1-18(14-7-3-2-6-12(14)15)10-11-5-4-8-17-13(11)9-16/h2-8H,9-10,16H2,1H3. The van der Waals surface area contributed by atoms with E-state index < -0.39 is 0 Å². The van der Waals surface area contributed by atoms with Crippen LogP contribution in [0, 0.1) is 5.82 Å². The van der Waals surface area contributed by atoms with Gasteiger partial charge in [0.2, 0.25) is 0 Å². The molecule has 0 fully saturated rings. The molecule has 18 heavy (non-hydrogen) atoms. The predicted molar refractivity (Wildman–Crippen MR) is 70.6 cm³/mol. The normalized spacial score (nSPS) is 10.4. The van der Waals surface area contributed by atoms with Gasteiger partial charge in [-0.05, 0) is 23.8 Å². The molecule has 0 spiro atoms. The highest BCUT2D eigenvalue weighted by Gasteiger charge is 2.09. The summed E-state index contributed by atoms with van der Waals surface area (Å²) in [5, 5.41) is 0. The molecule has 2 N–H and O–H groups in total. The molecule has 1 heterocycles. The third-order valence-corrected chi connectivity index (χ3v) is 2.85. The van der Waals surface area contributed by atoms with Gasteiger partial charge < -0.3 is 10.6 Å². The molecule has 0 saturated carbocycles. The molecular formula is C14H16FN3. The zero-order valence-electron chi connectivity index (χ0n) is 10.3. The fraction of sp³-hybridized carbons (Fsp3) is 0.214. The molecule has 0 aliphatic heterocycles. The van der Waals surface area contributed by atoms with Crippen LogP contribution >= 0.6 is 0 Å². The van der Waals surface area contributed by atoms with E-state index >= 15 is 0 Å². The summed E-state index contributed by atoms with van der Waals surface area (Å²) in [5.41, 5.74) is 8.08. The number of nitrogens with zero attached hydrogens (tertiary/aromatic N) is 2. The van der Waals surface area contributed by atoms with E-state index in [0.717, 1.165) is 11.3 Å². The number of hydrogen-bond acceptors (Lipinski definition) is 3. The van der Waals surface area contributed by atoms with Crippen molar-refractivity contribution in [2.45, 2.75) is 13.1 Å². The van der Waals surface area contributed by atoms with Crippen LogP contribution in [-0.4, -0.2) is 12.0 Å². The number of aromatic nitrogens is 1. The number of pyridine rings is 1. The number of para-hydroxylation sites is 1. The zero-order chi connectivity index (χ0) is 13.0. The van der Waals surface area contributed by atoms with Gasteiger partial charge in [-0.15, -0.1) is 0 Å². The Balaban J connectivity index is 2.21. The summed E-state index contributed by atoms with van der Waals surface area (Å²) in [4.78, 5) is 6.07. The van der Waals surface area contributed by atoms with Gasteiger partial charge in [-0.2, -0.15) is 0 Å². The molecular weight excluding hydrogens is 229 g/mol. The van der Waals surface area contributed by atoms with E-state index in [4.69, 9.17) is 5.73 Å². The van der Waals surface area contributed by atoms with E-state index in [1.165, 1.54) is 6.07 Å². The van der Waals surface area contributed by atoms with Crippen molar-refractivity contribution in [1.82, 2.24) is 4.98 Å². The van der Waals surface area contributed by atoms with Crippen LogP contribution in [0.25, 0.3) is 0 Å². The van der Waals surface area contributed by atoms with Gasteiger partial charge in [-0.25, -0.2) is 4.39 Å². The van der Waals surface area contributed by atoms with Crippen LogP contribution in [0.3, 0.4) is 0 Å². The Hall–Kier alpha value is -1.94. The number of benzene rings is 1. The van der Waals surface area contributed by atoms with Gasteiger partial charge in [0.15, 0.2) is 0 Å². The Bertz CT molecular complexity index is 528. The van der Waals surface area contributed by atoms with Crippen LogP contribution in [-0.2, 0) is 13.1 Å². The highest BCUT2D eigenvalue weighted by atomic mass is 19.1. The van der Waals surface area contributed by atoms with Crippen LogP contribution in [0.15, 0.2) is 42.6 Å². The third kappa shape index (κ3) is 2.65. The summed E-state index contributed by atoms with van der Waals surface area (Å²) in [6.07, 6.45) is 1.72. The maximum atomic E-state index is 13.6. The molecule has 0 unspecified atom stereocenters. The Morgan fingerprint density at radius 3 is 2.72 bits per heavy atom. The van der Waals surface area contributed by atoms with E-state index in [-0.39, 0.29) is 5.82 Å². The van der Waals surface area contributed by atoms with Crippen LogP contribution in [0.4, 0.5) is 10.1 Å². The van der Waals surface area contributed by atoms with E-state index in [2.05, 4.69) is 4.98 Å². The van der Waals surface area contributed by atoms with Gasteiger partial charge in [0.25, 0.3) is 0 Å². The molecule has 1 aromatic heterocycles. The molecule has 0 aliphatic rings. The summed E-state index contributed by atoms with van der Waals surface area (Å²) in [6.45, 7) is 0.975. The highest BCUT2D eigenvalue weighted by molar-refractivity contribution is 5.47. The molecule has 2 aromatic rings. The third-order valence-electron chi connectivity index (χ3n) is 2.85. The number of hydrogen-bond donors (Lipinski definition) is 1. The van der Waals surface area contributed by atoms with Gasteiger partial charge in [0.05, 0.1) is 11.4 Å². The first kappa shape index (κ1) is 12.5. The summed E-state index contributed by atoms with van der Waals surface area (Å²) in [7, 11) is 1.85. The first-order valence-corrected chi connectivity index (χ1v) is 5.81. The van der Waals surface area contributed by atoms with E-state index in [1.54, 1.807) is 18.3 Å². The number of rotatable bonds is 4. The van der Waals surface area contributed by atoms with Crippen molar-refractivity contribution in [1.29, 1.82) is 0 Å². The second-order valence-corrected chi connectivity index (χ2v) is 4.12. The number of nitrogens with two attached hydrogens (primary N) is 1. The van der Waals surface area contributed by atoms with Gasteiger partial charge in [0.1, 0.15) is 5.82 Å². The SMILES string of the molecule is CN(Cc1cccnc1CN)c1ccccc1F. The minimum Gasteiger partial charge on any atom is -0.368 e. The Kier molecular flexibility index (Phi) is 3.89. The monoisotopic (exact) mass is 245 g/mol.